The molecule has 1 aliphatic rings. The van der Waals surface area contributed by atoms with Crippen molar-refractivity contribution in [2.45, 2.75) is 38.6 Å². The Balaban J connectivity index is 1.94. The molecule has 0 spiro atoms. The van der Waals surface area contributed by atoms with Crippen molar-refractivity contribution in [1.29, 1.82) is 0 Å². The molecule has 0 aromatic carbocycles. The highest BCUT2D eigenvalue weighted by Gasteiger charge is 2.31. The third-order valence-corrected chi connectivity index (χ3v) is 4.21. The van der Waals surface area contributed by atoms with Crippen LogP contribution in [0.15, 0.2) is 12.5 Å². The van der Waals surface area contributed by atoms with Crippen LogP contribution in [0, 0.1) is 5.92 Å². The molecule has 20 heavy (non-hydrogen) atoms. The van der Waals surface area contributed by atoms with Crippen LogP contribution in [-0.2, 0) is 4.79 Å². The van der Waals surface area contributed by atoms with Crippen LogP contribution < -0.4 is 0 Å². The van der Waals surface area contributed by atoms with Crippen LogP contribution in [0.2, 0.25) is 0 Å². The van der Waals surface area contributed by atoms with E-state index in [1.54, 1.807) is 6.33 Å². The number of nitrogens with one attached hydrogen (secondary N) is 1. The average Bonchev–Trinajstić information content (AvgIpc) is 2.91. The highest BCUT2D eigenvalue weighted by molar-refractivity contribution is 5.82. The summed E-state index contributed by atoms with van der Waals surface area (Å²) in [5.74, 6) is 1.12. The number of likely N-dealkylation sites (N-methyl/N-ethyl adjacent to an activating group) is 1. The van der Waals surface area contributed by atoms with Gasteiger partial charge in [-0.1, -0.05) is 13.8 Å². The Labute approximate surface area is 121 Å². The highest BCUT2D eigenvalue weighted by atomic mass is 16.2. The molecule has 0 aliphatic carbocycles. The Hall–Kier alpha value is -1.36. The van der Waals surface area contributed by atoms with Crippen molar-refractivity contribution in [3.05, 3.63) is 18.2 Å². The fraction of sp³-hybridized carbons (Fsp3) is 0.733. The number of imidazole rings is 1. The zero-order valence-corrected chi connectivity index (χ0v) is 13.0. The molecule has 1 aromatic rings. The second kappa shape index (κ2) is 6.39. The molecule has 1 fully saturated rings. The molecule has 1 N–H and O–H groups in total. The Morgan fingerprint density at radius 2 is 2.05 bits per heavy atom. The summed E-state index contributed by atoms with van der Waals surface area (Å²) in [6.45, 7) is 5.92. The van der Waals surface area contributed by atoms with Crippen LogP contribution in [0.4, 0.5) is 0 Å². The number of likely N-dealkylation sites (tertiary alicyclic amines) is 1. The van der Waals surface area contributed by atoms with E-state index in [1.807, 2.05) is 30.1 Å². The molecule has 2 rings (SSSR count). The van der Waals surface area contributed by atoms with Crippen molar-refractivity contribution in [2.75, 3.05) is 27.2 Å². The maximum Gasteiger partial charge on any atom is 0.240 e. The van der Waals surface area contributed by atoms with Crippen LogP contribution in [-0.4, -0.2) is 58.9 Å². The van der Waals surface area contributed by atoms with Crippen LogP contribution in [0.1, 0.15) is 38.3 Å². The number of hydrogen-bond acceptors (Lipinski definition) is 3. The van der Waals surface area contributed by atoms with Gasteiger partial charge in [0.15, 0.2) is 0 Å². The standard InChI is InChI=1S/C15H26N4O/c1-11(2)14(18(3)4)15(20)19-7-5-12(6-8-19)13-9-16-10-17-13/h9-12,14H,5-8H2,1-4H3,(H,16,17)/t14-/m0/s1. The Morgan fingerprint density at radius 3 is 2.50 bits per heavy atom. The maximum atomic E-state index is 12.6. The van der Waals surface area contributed by atoms with E-state index < -0.39 is 0 Å². The fourth-order valence-electron chi connectivity index (χ4n) is 3.19. The number of rotatable bonds is 4. The Kier molecular flexibility index (Phi) is 4.81. The summed E-state index contributed by atoms with van der Waals surface area (Å²) in [6.07, 6.45) is 5.67. The highest BCUT2D eigenvalue weighted by Crippen LogP contribution is 2.27. The number of hydrogen-bond donors (Lipinski definition) is 1. The van der Waals surface area contributed by atoms with Crippen LogP contribution in [0.5, 0.6) is 0 Å². The molecule has 5 nitrogen and oxygen atoms in total. The molecule has 0 bridgehead atoms. The van der Waals surface area contributed by atoms with Gasteiger partial charge in [0, 0.05) is 30.9 Å². The van der Waals surface area contributed by atoms with Crippen molar-refractivity contribution < 1.29 is 4.79 Å². The first-order chi connectivity index (χ1) is 9.50. The first-order valence-corrected chi connectivity index (χ1v) is 7.44. The third kappa shape index (κ3) is 3.20. The third-order valence-electron chi connectivity index (χ3n) is 4.21. The van der Waals surface area contributed by atoms with Gasteiger partial charge < -0.3 is 9.88 Å². The molecule has 0 unspecified atom stereocenters. The summed E-state index contributed by atoms with van der Waals surface area (Å²) in [7, 11) is 3.97. The maximum absolute atomic E-state index is 12.6. The van der Waals surface area contributed by atoms with Crippen molar-refractivity contribution in [3.63, 3.8) is 0 Å². The molecule has 112 valence electrons. The number of amides is 1. The lowest BCUT2D eigenvalue weighted by molar-refractivity contribution is -0.138. The van der Waals surface area contributed by atoms with Gasteiger partial charge in [-0.25, -0.2) is 4.98 Å². The van der Waals surface area contributed by atoms with Crippen molar-refractivity contribution >= 4 is 5.91 Å². The summed E-state index contributed by atoms with van der Waals surface area (Å²) in [5.41, 5.74) is 1.20. The molecule has 2 heterocycles. The van der Waals surface area contributed by atoms with E-state index >= 15 is 0 Å². The van der Waals surface area contributed by atoms with E-state index in [0.717, 1.165) is 25.9 Å². The van der Waals surface area contributed by atoms with Gasteiger partial charge in [0.2, 0.25) is 5.91 Å². The molecule has 1 amide bonds. The second-order valence-corrected chi connectivity index (χ2v) is 6.26. The molecule has 1 aromatic heterocycles. The average molecular weight is 278 g/mol. The fourth-order valence-corrected chi connectivity index (χ4v) is 3.19. The smallest absolute Gasteiger partial charge is 0.240 e. The molecule has 5 heteroatoms. The number of nitrogens with zero attached hydrogens (tertiary/aromatic N) is 3. The molecule has 1 saturated heterocycles. The minimum Gasteiger partial charge on any atom is -0.348 e. The number of aromatic nitrogens is 2. The van der Waals surface area contributed by atoms with Crippen LogP contribution >= 0.6 is 0 Å². The van der Waals surface area contributed by atoms with E-state index in [1.165, 1.54) is 5.69 Å². The van der Waals surface area contributed by atoms with E-state index in [0.29, 0.717) is 11.8 Å². The largest absolute Gasteiger partial charge is 0.348 e. The molecule has 0 saturated carbocycles. The molecular weight excluding hydrogens is 252 g/mol. The van der Waals surface area contributed by atoms with Gasteiger partial charge in [-0.2, -0.15) is 0 Å². The van der Waals surface area contributed by atoms with Gasteiger partial charge in [0.25, 0.3) is 0 Å². The van der Waals surface area contributed by atoms with Crippen molar-refractivity contribution in [2.24, 2.45) is 5.92 Å². The van der Waals surface area contributed by atoms with Gasteiger partial charge in [-0.15, -0.1) is 0 Å². The van der Waals surface area contributed by atoms with Crippen molar-refractivity contribution in [1.82, 2.24) is 19.8 Å². The lowest BCUT2D eigenvalue weighted by atomic mass is 9.92. The minimum absolute atomic E-state index is 0.0151. The van der Waals surface area contributed by atoms with Gasteiger partial charge >= 0.3 is 0 Å². The summed E-state index contributed by atoms with van der Waals surface area (Å²) in [6, 6.07) is -0.0151. The van der Waals surface area contributed by atoms with Gasteiger partial charge in [-0.3, -0.25) is 9.69 Å². The summed E-state index contributed by atoms with van der Waals surface area (Å²) < 4.78 is 0. The van der Waals surface area contributed by atoms with E-state index in [-0.39, 0.29) is 11.9 Å². The summed E-state index contributed by atoms with van der Waals surface area (Å²) >= 11 is 0. The van der Waals surface area contributed by atoms with Gasteiger partial charge in [0.1, 0.15) is 0 Å². The number of aromatic amines is 1. The van der Waals surface area contributed by atoms with Gasteiger partial charge in [0.05, 0.1) is 12.4 Å². The number of H-pyrrole nitrogens is 1. The first-order valence-electron chi connectivity index (χ1n) is 7.44. The van der Waals surface area contributed by atoms with E-state index in [2.05, 4.69) is 23.8 Å². The number of carbonyl (C=O) groups is 1. The molecular formula is C15H26N4O. The van der Waals surface area contributed by atoms with Gasteiger partial charge in [-0.05, 0) is 32.9 Å². The summed E-state index contributed by atoms with van der Waals surface area (Å²) in [5, 5.41) is 0. The summed E-state index contributed by atoms with van der Waals surface area (Å²) in [4.78, 5) is 24.0. The first kappa shape index (κ1) is 15.0. The Morgan fingerprint density at radius 1 is 1.40 bits per heavy atom. The normalized spacial score (nSPS) is 18.8. The lowest BCUT2D eigenvalue weighted by Crippen LogP contribution is -2.50. The number of piperidine rings is 1. The topological polar surface area (TPSA) is 52.2 Å². The zero-order valence-electron chi connectivity index (χ0n) is 13.0. The van der Waals surface area contributed by atoms with E-state index in [4.69, 9.17) is 0 Å². The predicted molar refractivity (Wildman–Crippen MR) is 79.5 cm³/mol. The molecule has 0 radical (unpaired) electrons. The Bertz CT molecular complexity index is 411. The van der Waals surface area contributed by atoms with Crippen molar-refractivity contribution in [3.8, 4) is 0 Å². The zero-order chi connectivity index (χ0) is 14.7. The SMILES string of the molecule is CC(C)[C@@H](C(=O)N1CCC(c2cnc[nH]2)CC1)N(C)C. The molecule has 1 aliphatic heterocycles. The lowest BCUT2D eigenvalue weighted by Gasteiger charge is -2.37. The second-order valence-electron chi connectivity index (χ2n) is 6.26. The molecule has 1 atom stereocenters. The van der Waals surface area contributed by atoms with E-state index in [9.17, 15) is 4.79 Å². The quantitative estimate of drug-likeness (QED) is 0.912. The minimum atomic E-state index is -0.0151. The van der Waals surface area contributed by atoms with Crippen LogP contribution in [0.25, 0.3) is 0 Å². The monoisotopic (exact) mass is 278 g/mol. The van der Waals surface area contributed by atoms with Crippen LogP contribution in [0.3, 0.4) is 0 Å². The number of carbonyl (C=O) groups excluding carboxylic acids is 1. The predicted octanol–water partition coefficient (Wildman–Crippen LogP) is 1.70.